The fourth-order valence-electron chi connectivity index (χ4n) is 4.08. The Morgan fingerprint density at radius 3 is 2.17 bits per heavy atom. The van der Waals surface area contributed by atoms with Crippen molar-refractivity contribution in [2.75, 3.05) is 0 Å². The highest BCUT2D eigenvalue weighted by Crippen LogP contribution is 2.43. The molecule has 2 heterocycles. The maximum atomic E-state index is 9.28. The van der Waals surface area contributed by atoms with Gasteiger partial charge in [-0.2, -0.15) is 0 Å². The molecule has 30 heavy (non-hydrogen) atoms. The van der Waals surface area contributed by atoms with Crippen LogP contribution in [0.5, 0.6) is 0 Å². The van der Waals surface area contributed by atoms with Gasteiger partial charge in [0.1, 0.15) is 6.33 Å². The second kappa shape index (κ2) is 8.66. The highest BCUT2D eigenvalue weighted by atomic mass is 16.4. The van der Waals surface area contributed by atoms with E-state index in [-0.39, 0.29) is 0 Å². The normalized spacial score (nSPS) is 13.2. The summed E-state index contributed by atoms with van der Waals surface area (Å²) in [7, 11) is 0. The Morgan fingerprint density at radius 2 is 1.50 bits per heavy atom. The van der Waals surface area contributed by atoms with Gasteiger partial charge in [0.05, 0.1) is 5.41 Å². The second-order valence-electron chi connectivity index (χ2n) is 7.16. The number of aromatic nitrogens is 3. The Kier molecular flexibility index (Phi) is 5.61. The van der Waals surface area contributed by atoms with Gasteiger partial charge in [0.15, 0.2) is 0 Å². The Bertz CT molecular complexity index is 1130. The van der Waals surface area contributed by atoms with Crippen molar-refractivity contribution in [3.63, 3.8) is 0 Å². The number of benzene rings is 2. The van der Waals surface area contributed by atoms with Gasteiger partial charge in [-0.25, -0.2) is 9.97 Å². The molecule has 0 amide bonds. The first-order valence-electron chi connectivity index (χ1n) is 9.74. The summed E-state index contributed by atoms with van der Waals surface area (Å²) in [5.41, 5.74) is 6.00. The van der Waals surface area contributed by atoms with E-state index in [9.17, 15) is 5.21 Å². The molecule has 5 heteroatoms. The molecule has 1 unspecified atom stereocenters. The molecule has 1 N–H and O–H groups in total. The number of aryl methyl sites for hydroxylation is 1. The van der Waals surface area contributed by atoms with Crippen molar-refractivity contribution in [2.45, 2.75) is 18.8 Å². The molecule has 0 fully saturated rings. The van der Waals surface area contributed by atoms with Crippen LogP contribution in [0.1, 0.15) is 28.7 Å². The number of hydrogen-bond donors (Lipinski definition) is 1. The SMILES string of the molecule is Cc1ccccc1C(C/C=N/O)(c1ccncc1)c1ccc(-c2cncnc2)cc1. The molecule has 4 rings (SSSR count). The maximum Gasteiger partial charge on any atom is 0.115 e. The summed E-state index contributed by atoms with van der Waals surface area (Å²) >= 11 is 0. The molecule has 0 saturated carbocycles. The lowest BCUT2D eigenvalue weighted by Crippen LogP contribution is -2.31. The summed E-state index contributed by atoms with van der Waals surface area (Å²) in [6.07, 6.45) is 10.8. The molecule has 5 nitrogen and oxygen atoms in total. The Morgan fingerprint density at radius 1 is 0.833 bits per heavy atom. The number of rotatable bonds is 6. The predicted molar refractivity (Wildman–Crippen MR) is 118 cm³/mol. The number of hydrogen-bond acceptors (Lipinski definition) is 5. The third-order valence-corrected chi connectivity index (χ3v) is 5.53. The fraction of sp³-hybridized carbons (Fsp3) is 0.120. The Hall–Kier alpha value is -3.86. The molecule has 0 saturated heterocycles. The summed E-state index contributed by atoms with van der Waals surface area (Å²) < 4.78 is 0. The van der Waals surface area contributed by atoms with Crippen molar-refractivity contribution in [2.24, 2.45) is 5.16 Å². The van der Waals surface area contributed by atoms with Gasteiger partial charge in [0.25, 0.3) is 0 Å². The smallest absolute Gasteiger partial charge is 0.115 e. The first kappa shape index (κ1) is 19.5. The van der Waals surface area contributed by atoms with Crippen LogP contribution < -0.4 is 0 Å². The summed E-state index contributed by atoms with van der Waals surface area (Å²) in [6.45, 7) is 2.11. The van der Waals surface area contributed by atoms with E-state index in [0.29, 0.717) is 6.42 Å². The fourth-order valence-corrected chi connectivity index (χ4v) is 4.08. The Labute approximate surface area is 175 Å². The maximum absolute atomic E-state index is 9.28. The van der Waals surface area contributed by atoms with Crippen LogP contribution in [0.4, 0.5) is 0 Å². The molecule has 2 aromatic carbocycles. The first-order valence-corrected chi connectivity index (χ1v) is 9.74. The van der Waals surface area contributed by atoms with Crippen molar-refractivity contribution < 1.29 is 5.21 Å². The summed E-state index contributed by atoms with van der Waals surface area (Å²) in [5, 5.41) is 12.6. The van der Waals surface area contributed by atoms with Crippen LogP contribution in [-0.2, 0) is 5.41 Å². The van der Waals surface area contributed by atoms with Gasteiger partial charge in [-0.15, -0.1) is 5.16 Å². The number of oxime groups is 1. The van der Waals surface area contributed by atoms with Crippen molar-refractivity contribution in [3.05, 3.63) is 114 Å². The first-order chi connectivity index (χ1) is 14.8. The van der Waals surface area contributed by atoms with E-state index < -0.39 is 5.41 Å². The van der Waals surface area contributed by atoms with Crippen LogP contribution >= 0.6 is 0 Å². The minimum Gasteiger partial charge on any atom is -0.411 e. The molecule has 0 aliphatic carbocycles. The van der Waals surface area contributed by atoms with Crippen LogP contribution in [0.3, 0.4) is 0 Å². The summed E-state index contributed by atoms with van der Waals surface area (Å²) in [4.78, 5) is 12.4. The third-order valence-electron chi connectivity index (χ3n) is 5.53. The molecular weight excluding hydrogens is 372 g/mol. The van der Waals surface area contributed by atoms with Gasteiger partial charge >= 0.3 is 0 Å². The lowest BCUT2D eigenvalue weighted by molar-refractivity contribution is 0.319. The van der Waals surface area contributed by atoms with Crippen molar-refractivity contribution in [1.29, 1.82) is 0 Å². The van der Waals surface area contributed by atoms with Gasteiger partial charge in [-0.05, 0) is 46.9 Å². The van der Waals surface area contributed by atoms with E-state index in [1.54, 1.807) is 31.0 Å². The Balaban J connectivity index is 1.94. The highest BCUT2D eigenvalue weighted by molar-refractivity contribution is 5.68. The van der Waals surface area contributed by atoms with E-state index >= 15 is 0 Å². The lowest BCUT2D eigenvalue weighted by Gasteiger charge is -2.36. The zero-order valence-electron chi connectivity index (χ0n) is 16.7. The third kappa shape index (κ3) is 3.57. The van der Waals surface area contributed by atoms with Crippen molar-refractivity contribution in [1.82, 2.24) is 15.0 Å². The van der Waals surface area contributed by atoms with Gasteiger partial charge in [0.2, 0.25) is 0 Å². The van der Waals surface area contributed by atoms with Crippen molar-refractivity contribution in [3.8, 4) is 11.1 Å². The molecule has 4 aromatic rings. The zero-order valence-corrected chi connectivity index (χ0v) is 16.7. The molecule has 1 atom stereocenters. The molecule has 0 radical (unpaired) electrons. The van der Waals surface area contributed by atoms with E-state index in [2.05, 4.69) is 63.4 Å². The number of pyridine rings is 1. The van der Waals surface area contributed by atoms with Crippen LogP contribution in [0.15, 0.2) is 96.9 Å². The monoisotopic (exact) mass is 394 g/mol. The number of nitrogens with zero attached hydrogens (tertiary/aromatic N) is 4. The largest absolute Gasteiger partial charge is 0.411 e. The van der Waals surface area contributed by atoms with E-state index in [4.69, 9.17) is 0 Å². The topological polar surface area (TPSA) is 71.3 Å². The summed E-state index contributed by atoms with van der Waals surface area (Å²) in [5.74, 6) is 0. The molecule has 2 aromatic heterocycles. The van der Waals surface area contributed by atoms with Crippen LogP contribution in [0, 0.1) is 6.92 Å². The molecule has 0 spiro atoms. The molecule has 148 valence electrons. The van der Waals surface area contributed by atoms with Gasteiger partial charge in [-0.1, -0.05) is 48.5 Å². The average Bonchev–Trinajstić information content (AvgIpc) is 2.82. The average molecular weight is 394 g/mol. The van der Waals surface area contributed by atoms with E-state index in [1.807, 2.05) is 24.3 Å². The van der Waals surface area contributed by atoms with Gasteiger partial charge < -0.3 is 5.21 Å². The quantitative estimate of drug-likeness (QED) is 0.283. The van der Waals surface area contributed by atoms with Crippen LogP contribution in [0.2, 0.25) is 0 Å². The molecular formula is C25H22N4O. The second-order valence-corrected chi connectivity index (χ2v) is 7.16. The van der Waals surface area contributed by atoms with Gasteiger partial charge in [-0.3, -0.25) is 4.98 Å². The highest BCUT2D eigenvalue weighted by Gasteiger charge is 2.36. The van der Waals surface area contributed by atoms with E-state index in [0.717, 1.165) is 27.8 Å². The van der Waals surface area contributed by atoms with Crippen LogP contribution in [-0.4, -0.2) is 26.4 Å². The van der Waals surface area contributed by atoms with E-state index in [1.165, 1.54) is 11.9 Å². The zero-order chi connectivity index (χ0) is 20.8. The minimum atomic E-state index is -0.522. The lowest BCUT2D eigenvalue weighted by atomic mass is 9.66. The molecule has 0 aliphatic rings. The standard InChI is InChI=1S/C25H22N4O/c1-19-4-2-3-5-24(19)25(12-15-29-30,23-10-13-26-14-11-23)22-8-6-20(7-9-22)21-16-27-18-28-17-21/h2-11,13-18,30H,12H2,1H3/b29-15+. The molecule has 0 aliphatic heterocycles. The molecule has 0 bridgehead atoms. The predicted octanol–water partition coefficient (Wildman–Crippen LogP) is 5.03. The van der Waals surface area contributed by atoms with Gasteiger partial charge in [0, 0.05) is 43.0 Å². The van der Waals surface area contributed by atoms with Crippen molar-refractivity contribution >= 4 is 6.21 Å². The van der Waals surface area contributed by atoms with Crippen LogP contribution in [0.25, 0.3) is 11.1 Å². The minimum absolute atomic E-state index is 0.506. The summed E-state index contributed by atoms with van der Waals surface area (Å²) in [6, 6.07) is 20.8.